The minimum absolute atomic E-state index is 0.341. The monoisotopic (exact) mass is 194 g/mol. The normalized spacial score (nSPS) is 40.9. The second kappa shape index (κ2) is 3.23. The van der Waals surface area contributed by atoms with Crippen LogP contribution in [0.2, 0.25) is 0 Å². The van der Waals surface area contributed by atoms with Crippen molar-refractivity contribution in [1.29, 1.82) is 0 Å². The summed E-state index contributed by atoms with van der Waals surface area (Å²) >= 11 is 0. The first-order valence-electron chi connectivity index (χ1n) is 5.88. The molecule has 1 aliphatic carbocycles. The van der Waals surface area contributed by atoms with Crippen LogP contribution in [0, 0.1) is 11.8 Å². The molecule has 0 radical (unpaired) electrons. The number of carbonyl (C=O) groups is 1. The van der Waals surface area contributed by atoms with E-state index in [0.29, 0.717) is 23.8 Å². The van der Waals surface area contributed by atoms with Crippen LogP contribution in [0.1, 0.15) is 25.7 Å². The van der Waals surface area contributed by atoms with Crippen LogP contribution in [0.25, 0.3) is 0 Å². The standard InChI is InChI=1S/C11H18N2O/c14-11(13-4-2-1-3-5-13)10-8-6-9(10)12-7-8/h8-10,12H,1-7H2. The Hall–Kier alpha value is -0.570. The molecule has 4 fully saturated rings. The van der Waals surface area contributed by atoms with Crippen molar-refractivity contribution in [3.63, 3.8) is 0 Å². The molecule has 0 spiro atoms. The van der Waals surface area contributed by atoms with Gasteiger partial charge in [-0.05, 0) is 38.1 Å². The van der Waals surface area contributed by atoms with E-state index in [1.165, 1.54) is 25.7 Å². The summed E-state index contributed by atoms with van der Waals surface area (Å²) in [5, 5.41) is 3.42. The molecule has 3 unspecified atom stereocenters. The second-order valence-electron chi connectivity index (χ2n) is 4.92. The Morgan fingerprint density at radius 1 is 1.21 bits per heavy atom. The van der Waals surface area contributed by atoms with Gasteiger partial charge in [0.1, 0.15) is 0 Å². The number of piperidine rings is 1. The van der Waals surface area contributed by atoms with Crippen molar-refractivity contribution >= 4 is 5.91 Å². The molecule has 3 atom stereocenters. The van der Waals surface area contributed by atoms with Crippen molar-refractivity contribution in [2.75, 3.05) is 19.6 Å². The Labute approximate surface area is 84.8 Å². The Morgan fingerprint density at radius 3 is 2.57 bits per heavy atom. The van der Waals surface area contributed by atoms with Gasteiger partial charge in [-0.25, -0.2) is 0 Å². The summed E-state index contributed by atoms with van der Waals surface area (Å²) in [4.78, 5) is 14.2. The number of rotatable bonds is 1. The van der Waals surface area contributed by atoms with Gasteiger partial charge in [-0.15, -0.1) is 0 Å². The number of fused-ring (bicyclic) bond motifs is 1. The molecule has 4 rings (SSSR count). The van der Waals surface area contributed by atoms with Gasteiger partial charge in [-0.1, -0.05) is 0 Å². The molecule has 14 heavy (non-hydrogen) atoms. The number of amides is 1. The summed E-state index contributed by atoms with van der Waals surface area (Å²) in [6.45, 7) is 3.10. The summed E-state index contributed by atoms with van der Waals surface area (Å²) in [6, 6.07) is 0.523. The molecule has 3 aliphatic heterocycles. The molecule has 2 bridgehead atoms. The topological polar surface area (TPSA) is 32.3 Å². The number of nitrogens with zero attached hydrogens (tertiary/aromatic N) is 1. The van der Waals surface area contributed by atoms with Crippen LogP contribution in [0.4, 0.5) is 0 Å². The van der Waals surface area contributed by atoms with Crippen molar-refractivity contribution in [1.82, 2.24) is 10.2 Å². The Bertz CT molecular complexity index is 234. The third kappa shape index (κ3) is 1.18. The number of likely N-dealkylation sites (tertiary alicyclic amines) is 1. The molecule has 3 nitrogen and oxygen atoms in total. The molecule has 3 saturated heterocycles. The van der Waals surface area contributed by atoms with Gasteiger partial charge in [0.25, 0.3) is 0 Å². The number of hydrogen-bond donors (Lipinski definition) is 1. The van der Waals surface area contributed by atoms with Crippen LogP contribution in [-0.4, -0.2) is 36.5 Å². The van der Waals surface area contributed by atoms with E-state index in [2.05, 4.69) is 10.2 Å². The summed E-state index contributed by atoms with van der Waals surface area (Å²) < 4.78 is 0. The van der Waals surface area contributed by atoms with Crippen LogP contribution in [0.15, 0.2) is 0 Å². The van der Waals surface area contributed by atoms with E-state index in [1.54, 1.807) is 0 Å². The molecule has 3 heterocycles. The fourth-order valence-electron chi connectivity index (χ4n) is 3.17. The molecule has 0 aromatic carbocycles. The van der Waals surface area contributed by atoms with Gasteiger partial charge < -0.3 is 10.2 Å². The molecule has 0 aromatic rings. The SMILES string of the molecule is O=C(C1C2CNC1C2)N1CCCCC1. The van der Waals surface area contributed by atoms with Gasteiger partial charge in [0.15, 0.2) is 0 Å². The highest BCUT2D eigenvalue weighted by Gasteiger charge is 2.51. The first-order chi connectivity index (χ1) is 6.86. The van der Waals surface area contributed by atoms with Gasteiger partial charge in [0.2, 0.25) is 5.91 Å². The summed E-state index contributed by atoms with van der Waals surface area (Å²) in [5.41, 5.74) is 0. The molecular formula is C11H18N2O. The predicted molar refractivity (Wildman–Crippen MR) is 53.8 cm³/mol. The zero-order chi connectivity index (χ0) is 9.54. The number of carbonyl (C=O) groups excluding carboxylic acids is 1. The maximum absolute atomic E-state index is 12.1. The molecule has 1 amide bonds. The van der Waals surface area contributed by atoms with Gasteiger partial charge in [-0.3, -0.25) is 4.79 Å². The average molecular weight is 194 g/mol. The van der Waals surface area contributed by atoms with Crippen molar-refractivity contribution in [2.24, 2.45) is 11.8 Å². The maximum atomic E-state index is 12.1. The summed E-state index contributed by atoms with van der Waals surface area (Å²) in [5.74, 6) is 1.44. The molecule has 4 aliphatic rings. The smallest absolute Gasteiger partial charge is 0.227 e. The second-order valence-corrected chi connectivity index (χ2v) is 4.92. The quantitative estimate of drug-likeness (QED) is 0.663. The van der Waals surface area contributed by atoms with Crippen LogP contribution in [-0.2, 0) is 4.79 Å². The van der Waals surface area contributed by atoms with E-state index in [1.807, 2.05) is 0 Å². The predicted octanol–water partition coefficient (Wildman–Crippen LogP) is 0.607. The molecule has 0 aromatic heterocycles. The lowest BCUT2D eigenvalue weighted by Crippen LogP contribution is -2.50. The van der Waals surface area contributed by atoms with Crippen molar-refractivity contribution in [2.45, 2.75) is 31.7 Å². The zero-order valence-corrected chi connectivity index (χ0v) is 8.54. The lowest BCUT2D eigenvalue weighted by molar-refractivity contribution is -0.141. The van der Waals surface area contributed by atoms with Crippen molar-refractivity contribution < 1.29 is 4.79 Å². The summed E-state index contributed by atoms with van der Waals surface area (Å²) in [7, 11) is 0. The summed E-state index contributed by atoms with van der Waals surface area (Å²) in [6.07, 6.45) is 4.96. The van der Waals surface area contributed by atoms with E-state index in [0.717, 1.165) is 19.6 Å². The minimum Gasteiger partial charge on any atom is -0.342 e. The molecule has 3 heteroatoms. The van der Waals surface area contributed by atoms with E-state index >= 15 is 0 Å². The molecule has 1 saturated carbocycles. The van der Waals surface area contributed by atoms with Crippen molar-refractivity contribution in [3.8, 4) is 0 Å². The third-order valence-corrected chi connectivity index (χ3v) is 4.09. The first kappa shape index (κ1) is 8.72. The highest BCUT2D eigenvalue weighted by molar-refractivity contribution is 5.81. The van der Waals surface area contributed by atoms with E-state index in [-0.39, 0.29) is 0 Å². The largest absolute Gasteiger partial charge is 0.342 e. The van der Waals surface area contributed by atoms with E-state index < -0.39 is 0 Å². The maximum Gasteiger partial charge on any atom is 0.227 e. The number of nitrogens with one attached hydrogen (secondary N) is 1. The van der Waals surface area contributed by atoms with E-state index in [9.17, 15) is 4.79 Å². The Kier molecular flexibility index (Phi) is 2.01. The van der Waals surface area contributed by atoms with Gasteiger partial charge >= 0.3 is 0 Å². The third-order valence-electron chi connectivity index (χ3n) is 4.09. The fraction of sp³-hybridized carbons (Fsp3) is 0.909. The Balaban J connectivity index is 1.64. The molecular weight excluding hydrogens is 176 g/mol. The van der Waals surface area contributed by atoms with Crippen LogP contribution >= 0.6 is 0 Å². The highest BCUT2D eigenvalue weighted by Crippen LogP contribution is 2.41. The van der Waals surface area contributed by atoms with Crippen LogP contribution < -0.4 is 5.32 Å². The number of hydrogen-bond acceptors (Lipinski definition) is 2. The zero-order valence-electron chi connectivity index (χ0n) is 8.54. The lowest BCUT2D eigenvalue weighted by atomic mass is 9.73. The average Bonchev–Trinajstić information content (AvgIpc) is 2.81. The Morgan fingerprint density at radius 2 is 2.00 bits per heavy atom. The molecule has 1 N–H and O–H groups in total. The fourth-order valence-corrected chi connectivity index (χ4v) is 3.17. The van der Waals surface area contributed by atoms with Crippen molar-refractivity contribution in [3.05, 3.63) is 0 Å². The van der Waals surface area contributed by atoms with Gasteiger partial charge in [0.05, 0.1) is 5.92 Å². The lowest BCUT2D eigenvalue weighted by Gasteiger charge is -2.38. The van der Waals surface area contributed by atoms with Crippen LogP contribution in [0.5, 0.6) is 0 Å². The highest BCUT2D eigenvalue weighted by atomic mass is 16.2. The minimum atomic E-state index is 0.341. The first-order valence-corrected chi connectivity index (χ1v) is 5.88. The van der Waals surface area contributed by atoms with Gasteiger partial charge in [0, 0.05) is 19.1 Å². The van der Waals surface area contributed by atoms with Gasteiger partial charge in [-0.2, -0.15) is 0 Å². The molecule has 78 valence electrons. The van der Waals surface area contributed by atoms with E-state index in [4.69, 9.17) is 0 Å². The van der Waals surface area contributed by atoms with Crippen LogP contribution in [0.3, 0.4) is 0 Å².